The van der Waals surface area contributed by atoms with E-state index in [1.807, 2.05) is 24.3 Å². The molecule has 0 amide bonds. The third kappa shape index (κ3) is 3.80. The fourth-order valence-electron chi connectivity index (χ4n) is 4.42. The van der Waals surface area contributed by atoms with Crippen molar-refractivity contribution in [2.24, 2.45) is 5.41 Å². The van der Waals surface area contributed by atoms with E-state index in [1.165, 1.54) is 0 Å². The van der Waals surface area contributed by atoms with Crippen molar-refractivity contribution in [3.8, 4) is 0 Å². The SMILES string of the molecule is CC1(C)CC(=O)C2=C(C1)Nc1ccccc1N(CC(=O)O)C2c1ccc(Cl)cc1Cl. The molecule has 1 heterocycles. The Kier molecular flexibility index (Phi) is 5.28. The summed E-state index contributed by atoms with van der Waals surface area (Å²) in [6.07, 6.45) is 1.05. The van der Waals surface area contributed by atoms with Crippen LogP contribution in [0.3, 0.4) is 0 Å². The third-order valence-electron chi connectivity index (χ3n) is 5.57. The third-order valence-corrected chi connectivity index (χ3v) is 6.13. The number of benzene rings is 2. The van der Waals surface area contributed by atoms with E-state index >= 15 is 0 Å². The van der Waals surface area contributed by atoms with Crippen molar-refractivity contribution in [1.82, 2.24) is 0 Å². The van der Waals surface area contributed by atoms with Gasteiger partial charge in [0.05, 0.1) is 17.4 Å². The van der Waals surface area contributed by atoms with E-state index in [2.05, 4.69) is 19.2 Å². The van der Waals surface area contributed by atoms with Gasteiger partial charge in [-0.1, -0.05) is 55.2 Å². The Hall–Kier alpha value is -2.50. The molecule has 2 aliphatic rings. The smallest absolute Gasteiger partial charge is 0.323 e. The van der Waals surface area contributed by atoms with Gasteiger partial charge < -0.3 is 15.3 Å². The summed E-state index contributed by atoms with van der Waals surface area (Å²) < 4.78 is 0. The van der Waals surface area contributed by atoms with Crippen LogP contribution in [0.1, 0.15) is 38.3 Å². The number of hydrogen-bond acceptors (Lipinski definition) is 4. The highest BCUT2D eigenvalue weighted by molar-refractivity contribution is 6.35. The number of Topliss-reactive ketones (excluding diaryl/α,β-unsaturated/α-hetero) is 1. The van der Waals surface area contributed by atoms with Crippen molar-refractivity contribution in [2.75, 3.05) is 16.8 Å². The number of carbonyl (C=O) groups is 2. The van der Waals surface area contributed by atoms with Crippen LogP contribution in [0.15, 0.2) is 53.7 Å². The Morgan fingerprint density at radius 2 is 1.93 bits per heavy atom. The van der Waals surface area contributed by atoms with Crippen LogP contribution in [0.4, 0.5) is 11.4 Å². The number of allylic oxidation sites excluding steroid dienone is 1. The van der Waals surface area contributed by atoms with E-state index in [9.17, 15) is 14.7 Å². The Morgan fingerprint density at radius 1 is 1.20 bits per heavy atom. The van der Waals surface area contributed by atoms with E-state index in [4.69, 9.17) is 23.2 Å². The first-order valence-corrected chi connectivity index (χ1v) is 10.5. The van der Waals surface area contributed by atoms with Gasteiger partial charge in [-0.25, -0.2) is 0 Å². The summed E-state index contributed by atoms with van der Waals surface area (Å²) in [6.45, 7) is 3.84. The lowest BCUT2D eigenvalue weighted by Crippen LogP contribution is -2.38. The molecule has 0 aromatic heterocycles. The zero-order chi connectivity index (χ0) is 21.6. The average molecular weight is 445 g/mol. The molecule has 1 unspecified atom stereocenters. The summed E-state index contributed by atoms with van der Waals surface area (Å²) in [4.78, 5) is 27.0. The highest BCUT2D eigenvalue weighted by Crippen LogP contribution is 2.49. The molecular weight excluding hydrogens is 423 g/mol. The number of carbonyl (C=O) groups excluding carboxylic acids is 1. The minimum atomic E-state index is -0.993. The van der Waals surface area contributed by atoms with Crippen LogP contribution in [-0.4, -0.2) is 23.4 Å². The molecule has 1 aliphatic heterocycles. The van der Waals surface area contributed by atoms with Gasteiger partial charge in [-0.15, -0.1) is 0 Å². The number of carboxylic acid groups (broad SMARTS) is 1. The fraction of sp³-hybridized carbons (Fsp3) is 0.304. The van der Waals surface area contributed by atoms with E-state index in [1.54, 1.807) is 23.1 Å². The highest BCUT2D eigenvalue weighted by atomic mass is 35.5. The number of nitrogens with zero attached hydrogens (tertiary/aromatic N) is 1. The standard InChI is InChI=1S/C23H22Cl2N2O3/c1-23(2)10-17-21(19(28)11-23)22(14-8-7-13(24)9-15(14)25)27(12-20(29)30)18-6-4-3-5-16(18)26-17/h3-9,22,26H,10-12H2,1-2H3,(H,29,30). The van der Waals surface area contributed by atoms with Crippen LogP contribution in [0.2, 0.25) is 10.0 Å². The zero-order valence-electron chi connectivity index (χ0n) is 16.7. The number of anilines is 2. The maximum atomic E-state index is 13.4. The lowest BCUT2D eigenvalue weighted by atomic mass is 9.73. The lowest BCUT2D eigenvalue weighted by Gasteiger charge is -2.37. The van der Waals surface area contributed by atoms with E-state index < -0.39 is 12.0 Å². The van der Waals surface area contributed by atoms with Gasteiger partial charge in [0.2, 0.25) is 0 Å². The summed E-state index contributed by atoms with van der Waals surface area (Å²) in [5.74, 6) is -1.000. The van der Waals surface area contributed by atoms with Gasteiger partial charge in [0.25, 0.3) is 0 Å². The minimum absolute atomic E-state index is 0.00652. The van der Waals surface area contributed by atoms with Crippen LogP contribution < -0.4 is 10.2 Å². The Bertz CT molecular complexity index is 1080. The maximum absolute atomic E-state index is 13.4. The molecule has 156 valence electrons. The van der Waals surface area contributed by atoms with Gasteiger partial charge in [0.1, 0.15) is 6.54 Å². The first-order valence-electron chi connectivity index (χ1n) is 9.72. The van der Waals surface area contributed by atoms with Gasteiger partial charge in [0, 0.05) is 27.7 Å². The normalized spacial score (nSPS) is 20.2. The second-order valence-electron chi connectivity index (χ2n) is 8.57. The van der Waals surface area contributed by atoms with Crippen molar-refractivity contribution in [1.29, 1.82) is 0 Å². The lowest BCUT2D eigenvalue weighted by molar-refractivity contribution is -0.135. The molecule has 0 fully saturated rings. The topological polar surface area (TPSA) is 69.6 Å². The maximum Gasteiger partial charge on any atom is 0.323 e. The summed E-state index contributed by atoms with van der Waals surface area (Å²) >= 11 is 12.7. The van der Waals surface area contributed by atoms with Crippen LogP contribution in [-0.2, 0) is 9.59 Å². The number of para-hydroxylation sites is 2. The van der Waals surface area contributed by atoms with Crippen molar-refractivity contribution < 1.29 is 14.7 Å². The monoisotopic (exact) mass is 444 g/mol. The summed E-state index contributed by atoms with van der Waals surface area (Å²) in [5.41, 5.74) is 3.30. The van der Waals surface area contributed by atoms with Gasteiger partial charge in [-0.05, 0) is 41.7 Å². The molecule has 0 saturated carbocycles. The fourth-order valence-corrected chi connectivity index (χ4v) is 4.93. The van der Waals surface area contributed by atoms with E-state index in [0.29, 0.717) is 39.7 Å². The van der Waals surface area contributed by atoms with Gasteiger partial charge >= 0.3 is 5.97 Å². The number of hydrogen-bond donors (Lipinski definition) is 2. The molecule has 0 bridgehead atoms. The highest BCUT2D eigenvalue weighted by Gasteiger charge is 2.42. The molecule has 4 rings (SSSR count). The summed E-state index contributed by atoms with van der Waals surface area (Å²) in [5, 5.41) is 14.0. The largest absolute Gasteiger partial charge is 0.480 e. The number of nitrogens with one attached hydrogen (secondary N) is 1. The number of rotatable bonds is 3. The van der Waals surface area contributed by atoms with Crippen LogP contribution in [0, 0.1) is 5.41 Å². The van der Waals surface area contributed by atoms with Crippen LogP contribution in [0.25, 0.3) is 0 Å². The molecule has 0 spiro atoms. The molecule has 2 aromatic carbocycles. The van der Waals surface area contributed by atoms with Gasteiger partial charge in [-0.3, -0.25) is 9.59 Å². The summed E-state index contributed by atoms with van der Waals surface area (Å²) in [7, 11) is 0. The van der Waals surface area contributed by atoms with Crippen molar-refractivity contribution in [3.63, 3.8) is 0 Å². The minimum Gasteiger partial charge on any atom is -0.480 e. The molecule has 2 N–H and O–H groups in total. The molecule has 2 aromatic rings. The first kappa shape index (κ1) is 20.8. The predicted molar refractivity (Wildman–Crippen MR) is 119 cm³/mol. The number of carboxylic acids is 1. The molecule has 0 radical (unpaired) electrons. The Labute approximate surface area is 185 Å². The van der Waals surface area contributed by atoms with Crippen LogP contribution in [0.5, 0.6) is 0 Å². The quantitative estimate of drug-likeness (QED) is 0.635. The average Bonchev–Trinajstić information content (AvgIpc) is 2.75. The number of halogens is 2. The van der Waals surface area contributed by atoms with E-state index in [-0.39, 0.29) is 17.7 Å². The van der Waals surface area contributed by atoms with Crippen molar-refractivity contribution in [3.05, 3.63) is 69.3 Å². The molecule has 1 atom stereocenters. The zero-order valence-corrected chi connectivity index (χ0v) is 18.2. The second kappa shape index (κ2) is 7.64. The first-order chi connectivity index (χ1) is 14.2. The molecule has 30 heavy (non-hydrogen) atoms. The molecule has 1 aliphatic carbocycles. The number of fused-ring (bicyclic) bond motifs is 1. The van der Waals surface area contributed by atoms with Gasteiger partial charge in [0.15, 0.2) is 5.78 Å². The predicted octanol–water partition coefficient (Wildman–Crippen LogP) is 5.69. The van der Waals surface area contributed by atoms with E-state index in [0.717, 1.165) is 11.4 Å². The molecule has 7 heteroatoms. The second-order valence-corrected chi connectivity index (χ2v) is 9.41. The Morgan fingerprint density at radius 3 is 2.63 bits per heavy atom. The molecule has 0 saturated heterocycles. The van der Waals surface area contributed by atoms with Crippen molar-refractivity contribution in [2.45, 2.75) is 32.7 Å². The number of aliphatic carboxylic acids is 1. The van der Waals surface area contributed by atoms with Crippen molar-refractivity contribution >= 4 is 46.3 Å². The van der Waals surface area contributed by atoms with Gasteiger partial charge in [-0.2, -0.15) is 0 Å². The van der Waals surface area contributed by atoms with Crippen LogP contribution >= 0.6 is 23.2 Å². The Balaban J connectivity index is 2.01. The molecular formula is C23H22Cl2N2O3. The molecule has 5 nitrogen and oxygen atoms in total. The summed E-state index contributed by atoms with van der Waals surface area (Å²) in [6, 6.07) is 12.0. The number of ketones is 1.